The molecule has 4 aliphatic rings. The number of amides is 1. The maximum atomic E-state index is 15.3. The van der Waals surface area contributed by atoms with Crippen LogP contribution >= 0.6 is 0 Å². The maximum Gasteiger partial charge on any atom is 0.318 e. The molecule has 0 radical (unpaired) electrons. The van der Waals surface area contributed by atoms with Crippen LogP contribution in [0.4, 0.5) is 15.9 Å². The highest BCUT2D eigenvalue weighted by Crippen LogP contribution is 2.43. The third kappa shape index (κ3) is 6.62. The number of benzene rings is 2. The Balaban J connectivity index is 1.18. The number of rotatable bonds is 11. The summed E-state index contributed by atoms with van der Waals surface area (Å²) in [7, 11) is 5.07. The zero-order valence-electron chi connectivity index (χ0n) is 31.8. The average molecular weight is 743 g/mol. The minimum Gasteiger partial charge on any atom is -0.467 e. The van der Waals surface area contributed by atoms with Crippen LogP contribution in [0.5, 0.6) is 11.8 Å². The molecular formula is C40H51FN8O5. The standard InChI is InChI=1S/C40H51FN8O5/c1-5-30-32(41)9-8-26-18-29(54-25-52-4)20-35(36(26)30)46-17-11-31-34(22-46)42-39(53-24-40-12-6-15-48(40)27(23-50)10-13-40)43-37(31)47-14-7-16-49-28(21-47)19-33(44-49)38(51)45(2)3/h8-9,18-20,27,50H,5-7,10-17,21-25H2,1-4H3/t27-,40+/m0/s1. The van der Waals surface area contributed by atoms with E-state index in [9.17, 15) is 9.90 Å². The normalized spacial score (nSPS) is 21.2. The molecule has 2 saturated heterocycles. The molecule has 0 spiro atoms. The number of aromatic nitrogens is 4. The van der Waals surface area contributed by atoms with Gasteiger partial charge in [0.15, 0.2) is 12.5 Å². The first-order valence-corrected chi connectivity index (χ1v) is 19.3. The van der Waals surface area contributed by atoms with Gasteiger partial charge in [0.05, 0.1) is 36.6 Å². The van der Waals surface area contributed by atoms with Gasteiger partial charge in [0.1, 0.15) is 24.0 Å². The number of fused-ring (bicyclic) bond motifs is 4. The second-order valence-corrected chi connectivity index (χ2v) is 15.3. The Hall–Kier alpha value is -4.53. The van der Waals surface area contributed by atoms with Crippen LogP contribution in [0, 0.1) is 5.82 Å². The molecule has 4 aromatic rings. The molecule has 6 heterocycles. The zero-order valence-corrected chi connectivity index (χ0v) is 31.8. The number of hydrogen-bond acceptors (Lipinski definition) is 11. The summed E-state index contributed by atoms with van der Waals surface area (Å²) >= 11 is 0. The Morgan fingerprint density at radius 3 is 2.70 bits per heavy atom. The molecule has 2 atom stereocenters. The van der Waals surface area contributed by atoms with Crippen molar-refractivity contribution in [2.75, 3.05) is 70.6 Å². The van der Waals surface area contributed by atoms with Gasteiger partial charge in [-0.05, 0) is 80.6 Å². The monoisotopic (exact) mass is 742 g/mol. The summed E-state index contributed by atoms with van der Waals surface area (Å²) in [5.74, 6) is 1.15. The van der Waals surface area contributed by atoms with E-state index in [1.807, 2.05) is 35.9 Å². The number of aliphatic hydroxyl groups is 1. The number of aliphatic hydroxyl groups excluding tert-OH is 1. The summed E-state index contributed by atoms with van der Waals surface area (Å²) in [5.41, 5.74) is 4.76. The Kier molecular flexibility index (Phi) is 10.1. The molecule has 288 valence electrons. The molecule has 0 saturated carbocycles. The number of halogens is 1. The van der Waals surface area contributed by atoms with Crippen molar-refractivity contribution in [1.82, 2.24) is 29.5 Å². The summed E-state index contributed by atoms with van der Waals surface area (Å²) in [5, 5.41) is 16.5. The Morgan fingerprint density at radius 1 is 1.04 bits per heavy atom. The lowest BCUT2D eigenvalue weighted by atomic mass is 9.95. The number of methoxy groups -OCH3 is 1. The van der Waals surface area contributed by atoms with Crippen LogP contribution in [-0.2, 0) is 37.2 Å². The number of aryl methyl sites for hydroxylation is 2. The predicted octanol–water partition coefficient (Wildman–Crippen LogP) is 4.55. The van der Waals surface area contributed by atoms with E-state index in [0.29, 0.717) is 68.6 Å². The highest BCUT2D eigenvalue weighted by atomic mass is 19.1. The molecular weight excluding hydrogens is 691 g/mol. The van der Waals surface area contributed by atoms with E-state index in [4.69, 9.17) is 24.2 Å². The van der Waals surface area contributed by atoms with Crippen molar-refractivity contribution in [3.63, 3.8) is 0 Å². The summed E-state index contributed by atoms with van der Waals surface area (Å²) < 4.78 is 35.1. The highest BCUT2D eigenvalue weighted by Gasteiger charge is 2.49. The van der Waals surface area contributed by atoms with E-state index >= 15 is 4.39 Å². The van der Waals surface area contributed by atoms with E-state index in [0.717, 1.165) is 84.4 Å². The number of carbonyl (C=O) groups is 1. The van der Waals surface area contributed by atoms with Gasteiger partial charge in [0, 0.05) is 69.6 Å². The third-order valence-electron chi connectivity index (χ3n) is 11.8. The third-order valence-corrected chi connectivity index (χ3v) is 11.8. The van der Waals surface area contributed by atoms with Crippen LogP contribution in [0.15, 0.2) is 30.3 Å². The van der Waals surface area contributed by atoms with E-state index in [-0.39, 0.29) is 36.7 Å². The van der Waals surface area contributed by atoms with Gasteiger partial charge in [-0.15, -0.1) is 0 Å². The van der Waals surface area contributed by atoms with Crippen LogP contribution in [0.2, 0.25) is 0 Å². The summed E-state index contributed by atoms with van der Waals surface area (Å²) in [6.45, 7) is 6.79. The lowest BCUT2D eigenvalue weighted by Crippen LogP contribution is -2.47. The molecule has 14 heteroatoms. The van der Waals surface area contributed by atoms with Gasteiger partial charge in [-0.25, -0.2) is 4.39 Å². The number of nitrogens with zero attached hydrogens (tertiary/aromatic N) is 8. The molecule has 4 aliphatic heterocycles. The van der Waals surface area contributed by atoms with Gasteiger partial charge in [-0.3, -0.25) is 14.4 Å². The van der Waals surface area contributed by atoms with Crippen molar-refractivity contribution < 1.29 is 28.5 Å². The Labute approximate surface area is 315 Å². The predicted molar refractivity (Wildman–Crippen MR) is 203 cm³/mol. The fourth-order valence-corrected chi connectivity index (χ4v) is 9.17. The van der Waals surface area contributed by atoms with Gasteiger partial charge in [0.25, 0.3) is 5.91 Å². The minimum absolute atomic E-state index is 0.102. The average Bonchev–Trinajstić information content (AvgIpc) is 3.84. The second-order valence-electron chi connectivity index (χ2n) is 15.3. The molecule has 8 rings (SSSR count). The van der Waals surface area contributed by atoms with Crippen molar-refractivity contribution in [3.05, 3.63) is 64.4 Å². The zero-order chi connectivity index (χ0) is 37.6. The molecule has 1 amide bonds. The molecule has 2 aromatic carbocycles. The summed E-state index contributed by atoms with van der Waals surface area (Å²) in [6, 6.07) is 9.66. The van der Waals surface area contributed by atoms with Crippen molar-refractivity contribution in [2.45, 2.75) is 83.1 Å². The van der Waals surface area contributed by atoms with E-state index < -0.39 is 0 Å². The van der Waals surface area contributed by atoms with Crippen molar-refractivity contribution in [2.24, 2.45) is 0 Å². The Bertz CT molecular complexity index is 2040. The van der Waals surface area contributed by atoms with E-state index in [1.54, 1.807) is 26.1 Å². The highest BCUT2D eigenvalue weighted by molar-refractivity contribution is 5.98. The smallest absolute Gasteiger partial charge is 0.318 e. The van der Waals surface area contributed by atoms with Crippen LogP contribution in [0.1, 0.15) is 72.0 Å². The SMILES string of the molecule is CCc1c(F)ccc2cc(OCOC)cc(N3CCc4c(nc(OC[C@]56CCCN5[C@H](CO)CC6)nc4N4CCCn5nc(C(=O)N(C)C)cc5C4)C3)c12. The van der Waals surface area contributed by atoms with E-state index in [1.165, 1.54) is 6.07 Å². The van der Waals surface area contributed by atoms with Crippen LogP contribution in [0.3, 0.4) is 0 Å². The Morgan fingerprint density at radius 2 is 1.91 bits per heavy atom. The van der Waals surface area contributed by atoms with Gasteiger partial charge >= 0.3 is 6.01 Å². The van der Waals surface area contributed by atoms with Gasteiger partial charge in [0.2, 0.25) is 0 Å². The first-order valence-electron chi connectivity index (χ1n) is 19.3. The van der Waals surface area contributed by atoms with Gasteiger partial charge in [-0.1, -0.05) is 13.0 Å². The first-order chi connectivity index (χ1) is 26.2. The molecule has 0 unspecified atom stereocenters. The summed E-state index contributed by atoms with van der Waals surface area (Å²) in [6.07, 6.45) is 6.06. The van der Waals surface area contributed by atoms with Gasteiger partial charge in [-0.2, -0.15) is 15.1 Å². The van der Waals surface area contributed by atoms with Crippen molar-refractivity contribution >= 4 is 28.2 Å². The quantitative estimate of drug-likeness (QED) is 0.218. The molecule has 2 aromatic heterocycles. The summed E-state index contributed by atoms with van der Waals surface area (Å²) in [4.78, 5) is 31.6. The van der Waals surface area contributed by atoms with Crippen LogP contribution in [-0.4, -0.2) is 113 Å². The van der Waals surface area contributed by atoms with Crippen LogP contribution in [0.25, 0.3) is 10.8 Å². The van der Waals surface area contributed by atoms with Crippen molar-refractivity contribution in [3.8, 4) is 11.8 Å². The van der Waals surface area contributed by atoms with E-state index in [2.05, 4.69) is 19.8 Å². The lowest BCUT2D eigenvalue weighted by molar-refractivity contribution is 0.0512. The number of hydrogen-bond donors (Lipinski definition) is 1. The first kappa shape index (κ1) is 36.4. The second kappa shape index (κ2) is 15.0. The number of ether oxygens (including phenoxy) is 3. The lowest BCUT2D eigenvalue weighted by Gasteiger charge is -2.35. The molecule has 0 aliphatic carbocycles. The molecule has 1 N–H and O–H groups in total. The maximum absolute atomic E-state index is 15.3. The van der Waals surface area contributed by atoms with Crippen LogP contribution < -0.4 is 19.3 Å². The fourth-order valence-electron chi connectivity index (χ4n) is 9.17. The molecule has 54 heavy (non-hydrogen) atoms. The molecule has 13 nitrogen and oxygen atoms in total. The molecule has 0 bridgehead atoms. The molecule has 2 fully saturated rings. The van der Waals surface area contributed by atoms with Crippen molar-refractivity contribution in [1.29, 1.82) is 0 Å². The minimum atomic E-state index is -0.221. The van der Waals surface area contributed by atoms with Gasteiger partial charge < -0.3 is 34.0 Å². The number of carbonyl (C=O) groups excluding carboxylic acids is 1. The largest absolute Gasteiger partial charge is 0.467 e. The fraction of sp³-hybridized carbons (Fsp3) is 0.550. The number of anilines is 2. The topological polar surface area (TPSA) is 122 Å².